The van der Waals surface area contributed by atoms with Gasteiger partial charge in [-0.05, 0) is 26.8 Å². The molecule has 2 aromatic rings. The van der Waals surface area contributed by atoms with E-state index >= 15 is 0 Å². The van der Waals surface area contributed by atoms with Gasteiger partial charge in [-0.15, -0.1) is 5.10 Å². The number of hydrogen-bond acceptors (Lipinski definition) is 7. The van der Waals surface area contributed by atoms with Crippen LogP contribution in [0.3, 0.4) is 0 Å². The molecule has 0 atom stereocenters. The second-order valence-corrected chi connectivity index (χ2v) is 6.04. The number of hydrogen-bond donors (Lipinski definition) is 1. The van der Waals surface area contributed by atoms with E-state index in [-0.39, 0.29) is 6.54 Å². The van der Waals surface area contributed by atoms with Gasteiger partial charge in [0.1, 0.15) is 5.60 Å². The van der Waals surface area contributed by atoms with Gasteiger partial charge >= 0.3 is 6.09 Å². The maximum Gasteiger partial charge on any atom is 0.408 e. The van der Waals surface area contributed by atoms with Crippen LogP contribution in [-0.4, -0.2) is 50.5 Å². The fourth-order valence-electron chi connectivity index (χ4n) is 1.66. The van der Waals surface area contributed by atoms with Crippen LogP contribution in [0.5, 0.6) is 0 Å². The van der Waals surface area contributed by atoms with Gasteiger partial charge < -0.3 is 15.0 Å². The van der Waals surface area contributed by atoms with E-state index in [0.717, 1.165) is 0 Å². The van der Waals surface area contributed by atoms with E-state index in [1.807, 2.05) is 14.1 Å². The molecule has 0 saturated carbocycles. The lowest BCUT2D eigenvalue weighted by atomic mass is 10.2. The minimum atomic E-state index is -0.560. The molecule has 2 aromatic heterocycles. The van der Waals surface area contributed by atoms with Crippen molar-refractivity contribution in [3.63, 3.8) is 0 Å². The van der Waals surface area contributed by atoms with Crippen LogP contribution in [0, 0.1) is 0 Å². The third-order valence-electron chi connectivity index (χ3n) is 2.59. The summed E-state index contributed by atoms with van der Waals surface area (Å²) in [5.41, 5.74) is -0.560. The molecule has 124 valence electrons. The van der Waals surface area contributed by atoms with Gasteiger partial charge in [0, 0.05) is 26.5 Å². The van der Waals surface area contributed by atoms with Gasteiger partial charge in [0.25, 0.3) is 5.95 Å². The number of carbonyl (C=O) groups excluding carboxylic acids is 1. The highest BCUT2D eigenvalue weighted by Crippen LogP contribution is 2.11. The minimum Gasteiger partial charge on any atom is -0.444 e. The van der Waals surface area contributed by atoms with Crippen LogP contribution in [0.4, 0.5) is 10.7 Å². The van der Waals surface area contributed by atoms with E-state index in [9.17, 15) is 4.79 Å². The van der Waals surface area contributed by atoms with Crippen molar-refractivity contribution >= 4 is 12.0 Å². The van der Waals surface area contributed by atoms with Crippen molar-refractivity contribution in [2.45, 2.75) is 32.9 Å². The summed E-state index contributed by atoms with van der Waals surface area (Å²) in [6, 6.07) is 1.71. The van der Waals surface area contributed by atoms with E-state index < -0.39 is 11.7 Å². The molecule has 0 saturated heterocycles. The molecule has 0 unspecified atom stereocenters. The highest BCUT2D eigenvalue weighted by atomic mass is 16.6. The summed E-state index contributed by atoms with van der Waals surface area (Å²) in [5, 5.41) is 7.01. The van der Waals surface area contributed by atoms with Gasteiger partial charge in [-0.3, -0.25) is 0 Å². The highest BCUT2D eigenvalue weighted by molar-refractivity contribution is 5.67. The molecule has 1 N–H and O–H groups in total. The first-order valence-electron chi connectivity index (χ1n) is 7.14. The van der Waals surface area contributed by atoms with E-state index in [1.54, 1.807) is 44.1 Å². The standard InChI is InChI=1S/C14H21N7O2/c1-14(2,3)23-13(22)17-9-10-18-12(20(4)5)19-21(10)11-15-7-6-8-16-11/h6-8H,9H2,1-5H3,(H,17,22). The molecule has 9 nitrogen and oxygen atoms in total. The summed E-state index contributed by atoms with van der Waals surface area (Å²) in [5.74, 6) is 1.39. The number of amides is 1. The maximum atomic E-state index is 11.8. The Hall–Kier alpha value is -2.71. The Balaban J connectivity index is 2.19. The van der Waals surface area contributed by atoms with Gasteiger partial charge in [-0.2, -0.15) is 9.67 Å². The predicted octanol–water partition coefficient (Wildman–Crippen LogP) is 1.15. The van der Waals surface area contributed by atoms with Crippen LogP contribution in [0.15, 0.2) is 18.5 Å². The average Bonchev–Trinajstić information content (AvgIpc) is 2.89. The molecular weight excluding hydrogens is 298 g/mol. The molecule has 0 aliphatic carbocycles. The summed E-state index contributed by atoms with van der Waals surface area (Å²) in [6.07, 6.45) is 2.71. The van der Waals surface area contributed by atoms with Gasteiger partial charge in [0.05, 0.1) is 6.54 Å². The lowest BCUT2D eigenvalue weighted by molar-refractivity contribution is 0.0522. The minimum absolute atomic E-state index is 0.147. The third kappa shape index (κ3) is 4.63. The van der Waals surface area contributed by atoms with E-state index in [1.165, 1.54) is 4.68 Å². The molecule has 1 amide bonds. The summed E-state index contributed by atoms with van der Waals surface area (Å²) >= 11 is 0. The zero-order valence-corrected chi connectivity index (χ0v) is 13.9. The number of nitrogens with one attached hydrogen (secondary N) is 1. The number of carbonyl (C=O) groups is 1. The molecule has 2 heterocycles. The van der Waals surface area contributed by atoms with Gasteiger partial charge in [-0.25, -0.2) is 14.8 Å². The van der Waals surface area contributed by atoms with Crippen molar-refractivity contribution < 1.29 is 9.53 Å². The number of alkyl carbamates (subject to hydrolysis) is 1. The Morgan fingerprint density at radius 2 is 1.96 bits per heavy atom. The summed E-state index contributed by atoms with van der Waals surface area (Å²) in [4.78, 5) is 26.2. The molecule has 2 rings (SSSR count). The van der Waals surface area contributed by atoms with Crippen molar-refractivity contribution in [1.82, 2.24) is 30.0 Å². The molecule has 0 fully saturated rings. The van der Waals surface area contributed by atoms with Crippen LogP contribution in [0.1, 0.15) is 26.6 Å². The largest absolute Gasteiger partial charge is 0.444 e. The molecule has 0 bridgehead atoms. The van der Waals surface area contributed by atoms with Crippen LogP contribution in [-0.2, 0) is 11.3 Å². The quantitative estimate of drug-likeness (QED) is 0.902. The lowest BCUT2D eigenvalue weighted by Gasteiger charge is -2.19. The molecule has 0 spiro atoms. The van der Waals surface area contributed by atoms with Crippen LogP contribution < -0.4 is 10.2 Å². The molecule has 9 heteroatoms. The van der Waals surface area contributed by atoms with Crippen molar-refractivity contribution in [1.29, 1.82) is 0 Å². The SMILES string of the molecule is CN(C)c1nc(CNC(=O)OC(C)(C)C)n(-c2ncccn2)n1. The molecule has 0 aromatic carbocycles. The molecule has 0 radical (unpaired) electrons. The number of nitrogens with zero attached hydrogens (tertiary/aromatic N) is 6. The van der Waals surface area contributed by atoms with Gasteiger partial charge in [0.15, 0.2) is 5.82 Å². The van der Waals surface area contributed by atoms with E-state index in [4.69, 9.17) is 4.74 Å². The molecule has 0 aliphatic heterocycles. The Morgan fingerprint density at radius 1 is 1.30 bits per heavy atom. The molecular formula is C14H21N7O2. The number of aromatic nitrogens is 5. The van der Waals surface area contributed by atoms with Crippen molar-refractivity contribution in [2.75, 3.05) is 19.0 Å². The second kappa shape index (κ2) is 6.59. The molecule has 23 heavy (non-hydrogen) atoms. The Kier molecular flexibility index (Phi) is 4.77. The van der Waals surface area contributed by atoms with Gasteiger partial charge in [0.2, 0.25) is 5.95 Å². The first-order chi connectivity index (χ1) is 10.8. The Morgan fingerprint density at radius 3 is 2.52 bits per heavy atom. The van der Waals surface area contributed by atoms with Gasteiger partial charge in [-0.1, -0.05) is 0 Å². The monoisotopic (exact) mass is 319 g/mol. The first kappa shape index (κ1) is 16.7. The summed E-state index contributed by atoms with van der Waals surface area (Å²) < 4.78 is 6.70. The first-order valence-corrected chi connectivity index (χ1v) is 7.14. The highest BCUT2D eigenvalue weighted by Gasteiger charge is 2.19. The van der Waals surface area contributed by atoms with E-state index in [0.29, 0.717) is 17.7 Å². The smallest absolute Gasteiger partial charge is 0.408 e. The summed E-state index contributed by atoms with van der Waals surface area (Å²) in [7, 11) is 3.66. The summed E-state index contributed by atoms with van der Waals surface area (Å²) in [6.45, 7) is 5.55. The lowest BCUT2D eigenvalue weighted by Crippen LogP contribution is -2.32. The normalized spacial score (nSPS) is 11.2. The predicted molar refractivity (Wildman–Crippen MR) is 84.3 cm³/mol. The maximum absolute atomic E-state index is 11.8. The average molecular weight is 319 g/mol. The van der Waals surface area contributed by atoms with E-state index in [2.05, 4.69) is 25.4 Å². The zero-order valence-electron chi connectivity index (χ0n) is 13.9. The van der Waals surface area contributed by atoms with Crippen molar-refractivity contribution in [2.24, 2.45) is 0 Å². The Bertz CT molecular complexity index is 662. The number of ether oxygens (including phenoxy) is 1. The van der Waals surface area contributed by atoms with Crippen molar-refractivity contribution in [3.8, 4) is 5.95 Å². The molecule has 0 aliphatic rings. The fourth-order valence-corrected chi connectivity index (χ4v) is 1.66. The van der Waals surface area contributed by atoms with Crippen molar-refractivity contribution in [3.05, 3.63) is 24.3 Å². The number of rotatable bonds is 4. The number of anilines is 1. The fraction of sp³-hybridized carbons (Fsp3) is 0.500. The second-order valence-electron chi connectivity index (χ2n) is 6.04. The zero-order chi connectivity index (χ0) is 17.0. The topological polar surface area (TPSA) is 98.1 Å². The van der Waals surface area contributed by atoms with Crippen LogP contribution in [0.2, 0.25) is 0 Å². The van der Waals surface area contributed by atoms with Crippen LogP contribution in [0.25, 0.3) is 5.95 Å². The van der Waals surface area contributed by atoms with Crippen LogP contribution >= 0.6 is 0 Å². The third-order valence-corrected chi connectivity index (χ3v) is 2.59. The Labute approximate surface area is 134 Å².